The lowest BCUT2D eigenvalue weighted by atomic mass is 9.93. The van der Waals surface area contributed by atoms with Gasteiger partial charge in [0.25, 0.3) is 11.8 Å². The summed E-state index contributed by atoms with van der Waals surface area (Å²) in [6.07, 6.45) is 4.04. The van der Waals surface area contributed by atoms with E-state index in [9.17, 15) is 28.3 Å². The van der Waals surface area contributed by atoms with Gasteiger partial charge in [-0.15, -0.1) is 0 Å². The Morgan fingerprint density at radius 3 is 2.83 bits per heavy atom. The van der Waals surface area contributed by atoms with Gasteiger partial charge in [0.1, 0.15) is 17.2 Å². The summed E-state index contributed by atoms with van der Waals surface area (Å²) >= 11 is 0. The molecule has 7 nitrogen and oxygen atoms in total. The Hall–Kier alpha value is -3.23. The quantitative estimate of drug-likeness (QED) is 0.800. The maximum absolute atomic E-state index is 13.8. The van der Waals surface area contributed by atoms with Gasteiger partial charge in [0.05, 0.1) is 5.54 Å². The number of nitrogens with one attached hydrogen (secondary N) is 1. The van der Waals surface area contributed by atoms with E-state index < -0.39 is 34.6 Å². The van der Waals surface area contributed by atoms with E-state index in [1.54, 1.807) is 4.90 Å². The molecular formula is C21H19F2N3O4. The van der Waals surface area contributed by atoms with Crippen LogP contribution >= 0.6 is 0 Å². The minimum absolute atomic E-state index is 0.0553. The van der Waals surface area contributed by atoms with Crippen LogP contribution in [0.25, 0.3) is 0 Å². The Morgan fingerprint density at radius 1 is 1.30 bits per heavy atom. The molecule has 1 aromatic heterocycles. The highest BCUT2D eigenvalue weighted by Gasteiger charge is 2.56. The molecule has 2 fully saturated rings. The number of rotatable bonds is 3. The molecule has 0 radical (unpaired) electrons. The second-order valence-corrected chi connectivity index (χ2v) is 8.36. The Labute approximate surface area is 169 Å². The van der Waals surface area contributed by atoms with Crippen LogP contribution in [-0.2, 0) is 13.1 Å². The van der Waals surface area contributed by atoms with E-state index in [1.807, 2.05) is 0 Å². The Kier molecular flexibility index (Phi) is 4.00. The summed E-state index contributed by atoms with van der Waals surface area (Å²) in [5, 5.41) is 12.8. The summed E-state index contributed by atoms with van der Waals surface area (Å²) < 4.78 is 28.3. The van der Waals surface area contributed by atoms with Crippen molar-refractivity contribution < 1.29 is 23.5 Å². The van der Waals surface area contributed by atoms with Crippen LogP contribution in [0.4, 0.5) is 8.78 Å². The number of hydrogen-bond donors (Lipinski definition) is 2. The molecule has 2 amide bonds. The molecule has 2 bridgehead atoms. The summed E-state index contributed by atoms with van der Waals surface area (Å²) in [7, 11) is 0. The van der Waals surface area contributed by atoms with Crippen molar-refractivity contribution in [3.63, 3.8) is 0 Å². The van der Waals surface area contributed by atoms with Crippen LogP contribution in [0.3, 0.4) is 0 Å². The number of carbonyl (C=O) groups excluding carboxylic acids is 2. The summed E-state index contributed by atoms with van der Waals surface area (Å²) in [4.78, 5) is 39.9. The molecule has 1 saturated carbocycles. The van der Waals surface area contributed by atoms with Crippen LogP contribution in [-0.4, -0.2) is 38.5 Å². The second-order valence-electron chi connectivity index (χ2n) is 8.36. The highest BCUT2D eigenvalue weighted by Crippen LogP contribution is 2.50. The molecule has 30 heavy (non-hydrogen) atoms. The van der Waals surface area contributed by atoms with Crippen LogP contribution in [0.1, 0.15) is 45.7 Å². The third-order valence-electron chi connectivity index (χ3n) is 6.57. The number of amides is 2. The maximum atomic E-state index is 13.8. The van der Waals surface area contributed by atoms with Gasteiger partial charge in [-0.2, -0.15) is 0 Å². The first-order valence-electron chi connectivity index (χ1n) is 9.79. The van der Waals surface area contributed by atoms with Crippen LogP contribution in [0, 0.1) is 17.6 Å². The molecule has 3 aliphatic rings. The van der Waals surface area contributed by atoms with E-state index in [0.29, 0.717) is 25.1 Å². The lowest BCUT2D eigenvalue weighted by Crippen LogP contribution is -2.55. The van der Waals surface area contributed by atoms with Crippen molar-refractivity contribution >= 4 is 11.8 Å². The van der Waals surface area contributed by atoms with Crippen LogP contribution in [0.15, 0.2) is 29.2 Å². The fraction of sp³-hybridized carbons (Fsp3) is 0.381. The van der Waals surface area contributed by atoms with Crippen molar-refractivity contribution in [2.45, 2.75) is 37.9 Å². The van der Waals surface area contributed by atoms with Gasteiger partial charge < -0.3 is 19.9 Å². The number of fused-ring (bicyclic) bond motifs is 2. The van der Waals surface area contributed by atoms with E-state index in [1.165, 1.54) is 16.8 Å². The van der Waals surface area contributed by atoms with E-state index in [0.717, 1.165) is 25.3 Å². The zero-order chi connectivity index (χ0) is 21.2. The third-order valence-corrected chi connectivity index (χ3v) is 6.57. The molecule has 5 rings (SSSR count). The predicted molar refractivity (Wildman–Crippen MR) is 101 cm³/mol. The molecule has 0 unspecified atom stereocenters. The minimum Gasteiger partial charge on any atom is -0.503 e. The number of pyridine rings is 1. The van der Waals surface area contributed by atoms with Gasteiger partial charge in [0.2, 0.25) is 5.43 Å². The number of halogens is 2. The average molecular weight is 415 g/mol. The monoisotopic (exact) mass is 415 g/mol. The second kappa shape index (κ2) is 6.38. The first-order valence-corrected chi connectivity index (χ1v) is 9.79. The largest absolute Gasteiger partial charge is 0.503 e. The van der Waals surface area contributed by atoms with E-state index >= 15 is 0 Å². The molecule has 1 saturated heterocycles. The summed E-state index contributed by atoms with van der Waals surface area (Å²) in [5.41, 5.74) is -1.66. The fourth-order valence-electron chi connectivity index (χ4n) is 5.14. The van der Waals surface area contributed by atoms with Gasteiger partial charge in [-0.05, 0) is 31.2 Å². The number of benzene rings is 1. The van der Waals surface area contributed by atoms with Crippen molar-refractivity contribution in [3.05, 3.63) is 63.1 Å². The van der Waals surface area contributed by atoms with Crippen LogP contribution in [0.5, 0.6) is 5.75 Å². The number of piperidine rings is 1. The zero-order valence-electron chi connectivity index (χ0n) is 16.0. The van der Waals surface area contributed by atoms with Gasteiger partial charge >= 0.3 is 0 Å². The number of nitrogens with zero attached hydrogens (tertiary/aromatic N) is 2. The smallest absolute Gasteiger partial charge is 0.275 e. The Bertz CT molecular complexity index is 1160. The standard InChI is InChI=1S/C21H19F2N3O4/c22-13-2-1-12(15(23)5-13)7-24-19(29)14-9-25-10-21-4-3-11(6-21)8-26(21)20(30)16(25)18(28)17(14)27/h1-2,5,9,11,28H,3-4,6-8,10H2,(H,24,29)/t11-,21+/m1/s1. The number of aromatic nitrogens is 1. The first kappa shape index (κ1) is 18.8. The lowest BCUT2D eigenvalue weighted by molar-refractivity contribution is 0.0397. The Balaban J connectivity index is 1.46. The molecule has 3 heterocycles. The van der Waals surface area contributed by atoms with E-state index in [-0.39, 0.29) is 28.9 Å². The Morgan fingerprint density at radius 2 is 2.10 bits per heavy atom. The van der Waals surface area contributed by atoms with Gasteiger partial charge in [0.15, 0.2) is 11.4 Å². The highest BCUT2D eigenvalue weighted by atomic mass is 19.1. The van der Waals surface area contributed by atoms with Crippen molar-refractivity contribution in [3.8, 4) is 5.75 Å². The SMILES string of the molecule is O=C(NCc1ccc(F)cc1F)c1cn2c(c(O)c1=O)C(=O)N1C[C@@H]3CC[C@]1(C3)C2. The number of aromatic hydroxyl groups is 1. The molecule has 2 atom stereocenters. The highest BCUT2D eigenvalue weighted by molar-refractivity contribution is 5.99. The molecular weight excluding hydrogens is 396 g/mol. The van der Waals surface area contributed by atoms with Crippen LogP contribution in [0.2, 0.25) is 0 Å². The van der Waals surface area contributed by atoms with Gasteiger partial charge in [-0.3, -0.25) is 14.4 Å². The van der Waals surface area contributed by atoms with Gasteiger partial charge in [0, 0.05) is 37.5 Å². The third kappa shape index (κ3) is 2.64. The predicted octanol–water partition coefficient (Wildman–Crippen LogP) is 1.77. The summed E-state index contributed by atoms with van der Waals surface area (Å²) in [5.74, 6) is -3.08. The number of carbonyl (C=O) groups is 2. The normalized spacial score (nSPS) is 24.0. The van der Waals surface area contributed by atoms with E-state index in [4.69, 9.17) is 0 Å². The minimum atomic E-state index is -0.952. The number of hydrogen-bond acceptors (Lipinski definition) is 4. The maximum Gasteiger partial charge on any atom is 0.275 e. The van der Waals surface area contributed by atoms with E-state index in [2.05, 4.69) is 5.32 Å². The van der Waals surface area contributed by atoms with Gasteiger partial charge in [-0.1, -0.05) is 6.07 Å². The van der Waals surface area contributed by atoms with Crippen molar-refractivity contribution in [2.75, 3.05) is 6.54 Å². The topological polar surface area (TPSA) is 91.6 Å². The summed E-state index contributed by atoms with van der Waals surface area (Å²) in [6, 6.07) is 2.97. The van der Waals surface area contributed by atoms with Crippen molar-refractivity contribution in [2.24, 2.45) is 5.92 Å². The molecule has 156 valence electrons. The summed E-state index contributed by atoms with van der Waals surface area (Å²) in [6.45, 7) is 0.772. The van der Waals surface area contributed by atoms with Crippen molar-refractivity contribution in [1.82, 2.24) is 14.8 Å². The molecule has 1 aliphatic carbocycles. The molecule has 2 aromatic rings. The molecule has 2 N–H and O–H groups in total. The van der Waals surface area contributed by atoms with Crippen LogP contribution < -0.4 is 10.7 Å². The zero-order valence-corrected chi connectivity index (χ0v) is 16.0. The molecule has 2 aliphatic heterocycles. The van der Waals surface area contributed by atoms with Crippen molar-refractivity contribution in [1.29, 1.82) is 0 Å². The van der Waals surface area contributed by atoms with Gasteiger partial charge in [-0.25, -0.2) is 8.78 Å². The average Bonchev–Trinajstić information content (AvgIpc) is 3.27. The fourth-order valence-corrected chi connectivity index (χ4v) is 5.14. The molecule has 1 spiro atoms. The first-order chi connectivity index (χ1) is 14.3. The molecule has 9 heteroatoms. The molecule has 1 aromatic carbocycles. The lowest BCUT2D eigenvalue weighted by Gasteiger charge is -2.44.